The zero-order chi connectivity index (χ0) is 58.7. The number of hydrogen-bond acceptors (Lipinski definition) is 0. The summed E-state index contributed by atoms with van der Waals surface area (Å²) in [6.07, 6.45) is 75.4. The smallest absolute Gasteiger partial charge is 0.493 e. The Balaban J connectivity index is 0.00000127. The molecule has 0 bridgehead atoms. The van der Waals surface area contributed by atoms with Crippen LogP contribution in [0, 0.1) is 13.8 Å². The normalized spacial score (nSPS) is 12.2. The molecule has 0 amide bonds. The van der Waals surface area contributed by atoms with Gasteiger partial charge in [-0.15, -0.1) is 0 Å². The Labute approximate surface area is 529 Å². The van der Waals surface area contributed by atoms with E-state index in [9.17, 15) is 5.53 Å². The predicted molar refractivity (Wildman–Crippen MR) is 367 cm³/mol. The first-order valence-electron chi connectivity index (χ1n) is 36.7. The molecule has 3 rings (SSSR count). The number of rotatable bonds is 55. The third kappa shape index (κ3) is 43.7. The van der Waals surface area contributed by atoms with Crippen molar-refractivity contribution in [3.63, 3.8) is 0 Å². The molecule has 2 aromatic carbocycles. The van der Waals surface area contributed by atoms with Crippen LogP contribution in [0.5, 0.6) is 0 Å². The van der Waals surface area contributed by atoms with Crippen LogP contribution in [0.3, 0.4) is 0 Å². The molecule has 1 aliphatic heterocycles. The van der Waals surface area contributed by atoms with Crippen molar-refractivity contribution in [2.45, 2.75) is 395 Å². The molecule has 1 heterocycles. The number of allylic oxidation sites excluding steroid dienone is 2. The maximum absolute atomic E-state index is 11.8. The zero-order valence-electron chi connectivity index (χ0n) is 56.1. The van der Waals surface area contributed by atoms with Gasteiger partial charge in [0, 0.05) is 22.3 Å². The van der Waals surface area contributed by atoms with Crippen LogP contribution in [-0.4, -0.2) is 4.70 Å². The van der Waals surface area contributed by atoms with E-state index in [1.807, 2.05) is 0 Å². The molecule has 3 heteroatoms. The predicted octanol–water partition coefficient (Wildman–Crippen LogP) is 28.4. The number of unbranched alkanes of at least 4 members (excludes halogenated alkanes) is 45. The summed E-state index contributed by atoms with van der Waals surface area (Å²) >= 11 is 0. The monoisotopic (exact) mass is 1220 g/mol. The fourth-order valence-electron chi connectivity index (χ4n) is 12.0. The van der Waals surface area contributed by atoms with E-state index in [0.717, 1.165) is 80.3 Å². The van der Waals surface area contributed by atoms with E-state index in [1.165, 1.54) is 322 Å². The van der Waals surface area contributed by atoms with Crippen LogP contribution in [0.25, 0.3) is 16.9 Å². The van der Waals surface area contributed by atoms with Crippen LogP contribution >= 0.6 is 0 Å². The SMILES string of the molecule is CCCCCC1=C(c2ccc(CCCCC)cc2)[N+](=[N-])C(c2ccc(CCCCC)cc2)=C1CCCC.[CH2-]CCCCCCCCCCCCCCCCCCCCC.[CH2-]CCCCCCCCCCCCCCCCCCCCC.[Pd+2]. The largest absolute Gasteiger partial charge is 2.00 e. The Kier molecular flexibility index (Phi) is 60.9. The Hall–Kier alpha value is -1.82. The molecule has 0 spiro atoms. The molecule has 0 radical (unpaired) electrons. The minimum Gasteiger partial charge on any atom is -0.493 e. The molecule has 0 saturated carbocycles. The molecule has 0 N–H and O–H groups in total. The Morgan fingerprint density at radius 1 is 0.256 bits per heavy atom. The van der Waals surface area contributed by atoms with E-state index in [1.54, 1.807) is 0 Å². The molecule has 82 heavy (non-hydrogen) atoms. The molecule has 1 aliphatic rings. The number of nitrogens with zero attached hydrogens (tertiary/aromatic N) is 2. The second-order valence-corrected chi connectivity index (χ2v) is 25.3. The van der Waals surface area contributed by atoms with E-state index in [0.29, 0.717) is 0 Å². The summed E-state index contributed by atoms with van der Waals surface area (Å²) in [6, 6.07) is 18.0. The molecular weight excluding hydrogens is 1080 g/mol. The summed E-state index contributed by atoms with van der Waals surface area (Å²) in [5, 5.41) is 0. The first-order valence-corrected chi connectivity index (χ1v) is 36.7. The molecule has 0 atom stereocenters. The van der Waals surface area contributed by atoms with Gasteiger partial charge in [0.2, 0.25) is 11.4 Å². The van der Waals surface area contributed by atoms with Crippen LogP contribution in [0.4, 0.5) is 0 Å². The average Bonchev–Trinajstić information content (AvgIpc) is 4.02. The fourth-order valence-corrected chi connectivity index (χ4v) is 12.0. The summed E-state index contributed by atoms with van der Waals surface area (Å²) in [4.78, 5) is 0. The number of aryl methyl sites for hydroxylation is 2. The van der Waals surface area contributed by atoms with Crippen molar-refractivity contribution in [2.24, 2.45) is 0 Å². The van der Waals surface area contributed by atoms with Gasteiger partial charge in [-0.1, -0.05) is 355 Å². The van der Waals surface area contributed by atoms with Gasteiger partial charge in [-0.25, -0.2) is 4.70 Å². The van der Waals surface area contributed by atoms with Gasteiger partial charge in [0.25, 0.3) is 0 Å². The van der Waals surface area contributed by atoms with Gasteiger partial charge in [0.05, 0.1) is 0 Å². The zero-order valence-corrected chi connectivity index (χ0v) is 57.7. The Morgan fingerprint density at radius 3 is 0.683 bits per heavy atom. The standard InChI is InChI=1S/C35H50N2.2C22H45.Pd/c1-5-9-13-16-28-20-24-30(25-21-28)34-32(18-12-8-4)33(19-15-11-7-3)35(37(34)36)31-26-22-29(23-27-31)17-14-10-6-2;2*1-3-5-7-9-11-13-15-17-19-21-22-20-18-16-14-12-10-8-6-4-2;/h20-27H,5-19H2,1-4H3;2*1,3-22H2,2H3;/q;2*-1;+2. The minimum absolute atomic E-state index is 0. The molecule has 0 saturated heterocycles. The summed E-state index contributed by atoms with van der Waals surface area (Å²) in [5.74, 6) is 0. The van der Waals surface area contributed by atoms with Gasteiger partial charge in [-0.2, -0.15) is 12.8 Å². The topological polar surface area (TPSA) is 25.3 Å². The second kappa shape index (κ2) is 62.2. The van der Waals surface area contributed by atoms with Crippen LogP contribution < -0.4 is 0 Å². The van der Waals surface area contributed by atoms with Crippen LogP contribution in [-0.2, 0) is 33.3 Å². The molecule has 2 aromatic rings. The average molecular weight is 1220 g/mol. The van der Waals surface area contributed by atoms with E-state index >= 15 is 0 Å². The molecule has 0 unspecified atom stereocenters. The first-order chi connectivity index (χ1) is 40.0. The molecule has 476 valence electrons. The maximum Gasteiger partial charge on any atom is 2.00 e. The van der Waals surface area contributed by atoms with Crippen LogP contribution in [0.2, 0.25) is 0 Å². The summed E-state index contributed by atoms with van der Waals surface area (Å²) in [6.45, 7) is 21.4. The van der Waals surface area contributed by atoms with Crippen molar-refractivity contribution < 1.29 is 25.1 Å². The van der Waals surface area contributed by atoms with E-state index in [4.69, 9.17) is 0 Å². The van der Waals surface area contributed by atoms with Gasteiger partial charge in [0.15, 0.2) is 0 Å². The summed E-state index contributed by atoms with van der Waals surface area (Å²) in [5.41, 5.74) is 21.5. The van der Waals surface area contributed by atoms with Gasteiger partial charge in [-0.05, 0) is 86.8 Å². The van der Waals surface area contributed by atoms with E-state index in [-0.39, 0.29) is 20.4 Å². The van der Waals surface area contributed by atoms with Gasteiger partial charge < -0.3 is 19.4 Å². The van der Waals surface area contributed by atoms with Crippen molar-refractivity contribution in [3.05, 3.63) is 101 Å². The Bertz CT molecular complexity index is 1620. The number of hydrogen-bond donors (Lipinski definition) is 0. The van der Waals surface area contributed by atoms with Crippen molar-refractivity contribution in [3.8, 4) is 0 Å². The molecular formula is C79H140N2Pd. The Morgan fingerprint density at radius 2 is 0.451 bits per heavy atom. The molecule has 0 aromatic heterocycles. The summed E-state index contributed by atoms with van der Waals surface area (Å²) < 4.78 is 1.53. The van der Waals surface area contributed by atoms with E-state index in [2.05, 4.69) is 104 Å². The molecule has 0 fully saturated rings. The van der Waals surface area contributed by atoms with Crippen molar-refractivity contribution in [1.29, 1.82) is 0 Å². The second-order valence-electron chi connectivity index (χ2n) is 25.3. The van der Waals surface area contributed by atoms with Crippen molar-refractivity contribution in [2.75, 3.05) is 0 Å². The van der Waals surface area contributed by atoms with Crippen LogP contribution in [0.15, 0.2) is 59.7 Å². The van der Waals surface area contributed by atoms with Gasteiger partial charge in [-0.3, -0.25) is 0 Å². The summed E-state index contributed by atoms with van der Waals surface area (Å²) in [7, 11) is 0. The first kappa shape index (κ1) is 80.2. The van der Waals surface area contributed by atoms with Crippen molar-refractivity contribution in [1.82, 2.24) is 0 Å². The van der Waals surface area contributed by atoms with E-state index < -0.39 is 0 Å². The van der Waals surface area contributed by atoms with Crippen molar-refractivity contribution >= 4 is 11.4 Å². The van der Waals surface area contributed by atoms with Gasteiger partial charge >= 0.3 is 20.4 Å². The third-order valence-corrected chi connectivity index (χ3v) is 17.5. The third-order valence-electron chi connectivity index (χ3n) is 17.5. The van der Waals surface area contributed by atoms with Crippen LogP contribution in [0.1, 0.15) is 404 Å². The fraction of sp³-hybridized carbons (Fsp3) is 0.772. The molecule has 0 aliphatic carbocycles. The minimum atomic E-state index is 0. The quantitative estimate of drug-likeness (QED) is 0.0273. The molecule has 2 nitrogen and oxygen atoms in total. The number of benzene rings is 2. The van der Waals surface area contributed by atoms with Gasteiger partial charge in [0.1, 0.15) is 0 Å². The maximum atomic E-state index is 11.8.